The smallest absolute Gasteiger partial charge is 0.309 e. The van der Waals surface area contributed by atoms with Gasteiger partial charge < -0.3 is 15.7 Å². The first-order valence-electron chi connectivity index (χ1n) is 3.32. The first-order valence-corrected chi connectivity index (χ1v) is 3.32. The Kier molecular flexibility index (Phi) is 2.18. The third-order valence-corrected chi connectivity index (χ3v) is 1.18. The normalized spacial score (nSPS) is 9.62. The minimum Gasteiger partial charge on any atom is -0.423 e. The molecule has 1 aromatic heterocycles. The molecule has 1 aromatic rings. The van der Waals surface area contributed by atoms with Crippen molar-refractivity contribution in [1.82, 2.24) is 9.71 Å². The number of esters is 1. The maximum absolute atomic E-state index is 10.5. The highest BCUT2D eigenvalue weighted by Crippen LogP contribution is 2.06. The summed E-state index contributed by atoms with van der Waals surface area (Å²) in [5.41, 5.74) is 4.76. The van der Waals surface area contributed by atoms with Crippen molar-refractivity contribution in [2.24, 2.45) is 0 Å². The lowest BCUT2D eigenvalue weighted by Gasteiger charge is -2.03. The number of nitrogens with zero attached hydrogens (tertiary/aromatic N) is 2. The van der Waals surface area contributed by atoms with E-state index in [1.54, 1.807) is 0 Å². The largest absolute Gasteiger partial charge is 0.423 e. The Morgan fingerprint density at radius 1 is 1.85 bits per heavy atom. The van der Waals surface area contributed by atoms with Crippen molar-refractivity contribution in [1.29, 1.82) is 5.41 Å². The van der Waals surface area contributed by atoms with E-state index in [4.69, 9.17) is 16.4 Å². The van der Waals surface area contributed by atoms with Gasteiger partial charge in [0.25, 0.3) is 5.62 Å². The molecule has 0 aliphatic heterocycles. The first kappa shape index (κ1) is 9.04. The molecule has 4 N–H and O–H groups in total. The predicted molar refractivity (Wildman–Crippen MR) is 41.0 cm³/mol. The van der Waals surface area contributed by atoms with E-state index in [2.05, 4.69) is 9.72 Å². The van der Waals surface area contributed by atoms with Gasteiger partial charge in [0.1, 0.15) is 5.82 Å². The number of carbonyl (C=O) groups excluding carboxylic acids is 1. The highest BCUT2D eigenvalue weighted by Gasteiger charge is 2.04. The number of hydrogen-bond donors (Lipinski definition) is 3. The highest BCUT2D eigenvalue weighted by atomic mass is 16.5. The van der Waals surface area contributed by atoms with E-state index in [0.29, 0.717) is 4.73 Å². The van der Waals surface area contributed by atoms with Crippen molar-refractivity contribution in [3.8, 4) is 5.88 Å². The number of aromatic nitrogens is 2. The van der Waals surface area contributed by atoms with Crippen LogP contribution in [0.5, 0.6) is 5.88 Å². The van der Waals surface area contributed by atoms with Gasteiger partial charge in [-0.05, 0) is 0 Å². The molecular weight excluding hydrogens is 176 g/mol. The summed E-state index contributed by atoms with van der Waals surface area (Å²) in [5.74, 6) is -0.807. The number of anilines is 1. The van der Waals surface area contributed by atoms with Gasteiger partial charge >= 0.3 is 5.97 Å². The van der Waals surface area contributed by atoms with Crippen LogP contribution in [0, 0.1) is 5.41 Å². The summed E-state index contributed by atoms with van der Waals surface area (Å²) in [5, 5.41) is 16.0. The molecule has 7 heteroatoms. The lowest BCUT2D eigenvalue weighted by Crippen LogP contribution is -2.24. The van der Waals surface area contributed by atoms with Gasteiger partial charge in [0.15, 0.2) is 0 Å². The van der Waals surface area contributed by atoms with Crippen LogP contribution in [0.25, 0.3) is 0 Å². The fraction of sp³-hybridized carbons (Fsp3) is 0.167. The minimum absolute atomic E-state index is 0.111. The third kappa shape index (κ3) is 1.95. The van der Waals surface area contributed by atoms with Crippen molar-refractivity contribution < 1.29 is 14.7 Å². The molecule has 0 aliphatic rings. The molecule has 0 spiro atoms. The van der Waals surface area contributed by atoms with Crippen molar-refractivity contribution in [2.45, 2.75) is 6.92 Å². The van der Waals surface area contributed by atoms with Gasteiger partial charge in [0, 0.05) is 13.0 Å². The van der Waals surface area contributed by atoms with Gasteiger partial charge in [-0.1, -0.05) is 0 Å². The monoisotopic (exact) mass is 184 g/mol. The van der Waals surface area contributed by atoms with Gasteiger partial charge in [0.2, 0.25) is 5.88 Å². The standard InChI is InChI=1S/C6H8N4O3/c1-3(11)13-5-2-4(7)10(12)6(8)9-5/h2,8,12H,7H2,1H3. The Hall–Kier alpha value is -2.05. The minimum atomic E-state index is -0.568. The van der Waals surface area contributed by atoms with Crippen LogP contribution < -0.4 is 16.1 Å². The van der Waals surface area contributed by atoms with Gasteiger partial charge in [-0.25, -0.2) is 0 Å². The number of hydrogen-bond acceptors (Lipinski definition) is 6. The van der Waals surface area contributed by atoms with E-state index in [-0.39, 0.29) is 11.7 Å². The number of carbonyl (C=O) groups is 1. The molecule has 1 rings (SSSR count). The third-order valence-electron chi connectivity index (χ3n) is 1.18. The Labute approximate surface area is 72.9 Å². The Bertz CT molecular complexity index is 397. The van der Waals surface area contributed by atoms with Crippen molar-refractivity contribution >= 4 is 11.8 Å². The quantitative estimate of drug-likeness (QED) is 0.387. The van der Waals surface area contributed by atoms with Crippen LogP contribution in [-0.2, 0) is 4.79 Å². The van der Waals surface area contributed by atoms with Crippen molar-refractivity contribution in [2.75, 3.05) is 5.73 Å². The fourth-order valence-electron chi connectivity index (χ4n) is 0.693. The summed E-state index contributed by atoms with van der Waals surface area (Å²) >= 11 is 0. The van der Waals surface area contributed by atoms with Crippen LogP contribution in [-0.4, -0.2) is 20.9 Å². The predicted octanol–water partition coefficient (Wildman–Crippen LogP) is -0.893. The van der Waals surface area contributed by atoms with Crippen LogP contribution in [0.4, 0.5) is 5.82 Å². The van der Waals surface area contributed by atoms with Crippen molar-refractivity contribution in [3.63, 3.8) is 0 Å². The molecule has 1 heterocycles. The number of ether oxygens (including phenoxy) is 1. The Morgan fingerprint density at radius 2 is 2.46 bits per heavy atom. The second-order valence-corrected chi connectivity index (χ2v) is 2.25. The summed E-state index contributed by atoms with van der Waals surface area (Å²) in [6, 6.07) is 1.14. The molecule has 0 aromatic carbocycles. The van der Waals surface area contributed by atoms with Gasteiger partial charge in [-0.3, -0.25) is 10.2 Å². The molecule has 7 nitrogen and oxygen atoms in total. The van der Waals surface area contributed by atoms with E-state index < -0.39 is 11.6 Å². The average Bonchev–Trinajstić information content (AvgIpc) is 1.98. The van der Waals surface area contributed by atoms with E-state index in [0.717, 1.165) is 6.07 Å². The molecule has 0 fully saturated rings. The molecular formula is C6H8N4O3. The SMILES string of the molecule is CC(=O)Oc1cc(N)n(O)c(=N)n1. The van der Waals surface area contributed by atoms with Gasteiger partial charge in [0.05, 0.1) is 0 Å². The van der Waals surface area contributed by atoms with Crippen LogP contribution in [0.1, 0.15) is 6.92 Å². The number of nitrogens with two attached hydrogens (primary N) is 1. The highest BCUT2D eigenvalue weighted by molar-refractivity contribution is 5.68. The zero-order valence-corrected chi connectivity index (χ0v) is 6.81. The molecule has 0 saturated carbocycles. The number of rotatable bonds is 1. The van der Waals surface area contributed by atoms with E-state index in [1.165, 1.54) is 6.92 Å². The van der Waals surface area contributed by atoms with Crippen LogP contribution in [0.2, 0.25) is 0 Å². The summed E-state index contributed by atoms with van der Waals surface area (Å²) in [4.78, 5) is 13.9. The molecule has 0 aliphatic carbocycles. The molecule has 13 heavy (non-hydrogen) atoms. The second kappa shape index (κ2) is 3.13. The molecule has 0 unspecified atom stereocenters. The van der Waals surface area contributed by atoms with Crippen LogP contribution >= 0.6 is 0 Å². The summed E-state index contributed by atoms with van der Waals surface area (Å²) < 4.78 is 4.92. The number of nitrogen functional groups attached to an aromatic ring is 1. The van der Waals surface area contributed by atoms with Gasteiger partial charge in [-0.15, -0.1) is 4.73 Å². The lowest BCUT2D eigenvalue weighted by atomic mass is 10.5. The topological polar surface area (TPSA) is 114 Å². The molecule has 0 radical (unpaired) electrons. The molecule has 0 bridgehead atoms. The van der Waals surface area contributed by atoms with Crippen molar-refractivity contribution in [3.05, 3.63) is 11.7 Å². The molecule has 0 atom stereocenters. The molecule has 0 saturated heterocycles. The first-order chi connectivity index (χ1) is 6.00. The average molecular weight is 184 g/mol. The zero-order valence-electron chi connectivity index (χ0n) is 6.81. The van der Waals surface area contributed by atoms with Gasteiger partial charge in [-0.2, -0.15) is 4.98 Å². The van der Waals surface area contributed by atoms with E-state index in [1.807, 2.05) is 0 Å². The Balaban J connectivity index is 3.13. The lowest BCUT2D eigenvalue weighted by molar-refractivity contribution is -0.132. The van der Waals surface area contributed by atoms with Crippen LogP contribution in [0.3, 0.4) is 0 Å². The second-order valence-electron chi connectivity index (χ2n) is 2.25. The number of nitrogens with one attached hydrogen (secondary N) is 1. The summed E-state index contributed by atoms with van der Waals surface area (Å²) in [6.45, 7) is 1.20. The summed E-state index contributed by atoms with van der Waals surface area (Å²) in [6.07, 6.45) is 0. The summed E-state index contributed by atoms with van der Waals surface area (Å²) in [7, 11) is 0. The Morgan fingerprint density at radius 3 is 2.92 bits per heavy atom. The van der Waals surface area contributed by atoms with E-state index in [9.17, 15) is 4.79 Å². The maximum atomic E-state index is 10.5. The maximum Gasteiger partial charge on any atom is 0.309 e. The van der Waals surface area contributed by atoms with E-state index >= 15 is 0 Å². The van der Waals surface area contributed by atoms with Crippen LogP contribution in [0.15, 0.2) is 6.07 Å². The molecule has 70 valence electrons. The molecule has 0 amide bonds. The zero-order chi connectivity index (χ0) is 10.0. The fourth-order valence-corrected chi connectivity index (χ4v) is 0.693.